The fraction of sp³-hybridized carbons (Fsp3) is 0.100. The molecular formula is C30H19F6NOS. The van der Waals surface area contributed by atoms with Crippen molar-refractivity contribution in [2.45, 2.75) is 19.0 Å². The standard InChI is InChI=1S/C30H19F6NOS/c1-2-3-4-17-5-7-18(8-6-17)19-9-12-26-27(15-19)39-29(37-26)30(35,36)38-21-10-11-22(23(31)16-21)20-13-24(32)28(34)25(33)14-20/h2,5-16H,1,3-4H2. The Labute approximate surface area is 223 Å². The maximum Gasteiger partial charge on any atom is 0.454 e. The summed E-state index contributed by atoms with van der Waals surface area (Å²) in [5, 5.41) is -0.624. The van der Waals surface area contributed by atoms with Gasteiger partial charge in [0.05, 0.1) is 10.2 Å². The van der Waals surface area contributed by atoms with Crippen LogP contribution in [0.5, 0.6) is 5.75 Å². The van der Waals surface area contributed by atoms with Crippen LogP contribution in [0, 0.1) is 23.3 Å². The summed E-state index contributed by atoms with van der Waals surface area (Å²) in [5.74, 6) is -6.32. The van der Waals surface area contributed by atoms with Crippen molar-refractivity contribution in [1.82, 2.24) is 4.98 Å². The van der Waals surface area contributed by atoms with Gasteiger partial charge >= 0.3 is 6.11 Å². The molecule has 0 fully saturated rings. The average molecular weight is 556 g/mol. The highest BCUT2D eigenvalue weighted by Gasteiger charge is 2.39. The molecule has 0 aliphatic carbocycles. The molecular weight excluding hydrogens is 536 g/mol. The zero-order valence-corrected chi connectivity index (χ0v) is 21.0. The molecule has 4 aromatic carbocycles. The molecule has 0 saturated heterocycles. The van der Waals surface area contributed by atoms with E-state index in [1.165, 1.54) is 0 Å². The van der Waals surface area contributed by atoms with E-state index in [-0.39, 0.29) is 11.1 Å². The van der Waals surface area contributed by atoms with E-state index in [4.69, 9.17) is 4.74 Å². The molecule has 0 N–H and O–H groups in total. The number of benzene rings is 4. The summed E-state index contributed by atoms with van der Waals surface area (Å²) < 4.78 is 90.3. The lowest BCUT2D eigenvalue weighted by Crippen LogP contribution is -2.21. The van der Waals surface area contributed by atoms with Gasteiger partial charge in [-0.25, -0.2) is 22.5 Å². The summed E-state index contributed by atoms with van der Waals surface area (Å²) in [6.45, 7) is 3.72. The molecule has 0 bridgehead atoms. The molecule has 0 atom stereocenters. The number of thiazole rings is 1. The summed E-state index contributed by atoms with van der Waals surface area (Å²) in [7, 11) is 0. The number of allylic oxidation sites excluding steroid dienone is 1. The van der Waals surface area contributed by atoms with E-state index in [0.29, 0.717) is 28.4 Å². The first-order valence-electron chi connectivity index (χ1n) is 11.8. The summed E-state index contributed by atoms with van der Waals surface area (Å²) in [6.07, 6.45) is -0.284. The van der Waals surface area contributed by atoms with E-state index in [1.54, 1.807) is 18.2 Å². The number of aromatic nitrogens is 1. The van der Waals surface area contributed by atoms with Crippen LogP contribution in [0.1, 0.15) is 17.0 Å². The molecule has 0 aliphatic rings. The fourth-order valence-corrected chi connectivity index (χ4v) is 4.97. The van der Waals surface area contributed by atoms with E-state index in [2.05, 4.69) is 11.6 Å². The van der Waals surface area contributed by atoms with Gasteiger partial charge in [0.15, 0.2) is 17.5 Å². The normalized spacial score (nSPS) is 11.6. The second kappa shape index (κ2) is 10.6. The Balaban J connectivity index is 1.37. The van der Waals surface area contributed by atoms with Gasteiger partial charge < -0.3 is 4.74 Å². The highest BCUT2D eigenvalue weighted by atomic mass is 32.1. The molecule has 9 heteroatoms. The van der Waals surface area contributed by atoms with Crippen LogP contribution in [0.3, 0.4) is 0 Å². The van der Waals surface area contributed by atoms with Crippen molar-refractivity contribution >= 4 is 21.6 Å². The van der Waals surface area contributed by atoms with Crippen LogP contribution in [0.2, 0.25) is 0 Å². The summed E-state index contributed by atoms with van der Waals surface area (Å²) in [4.78, 5) is 4.00. The highest BCUT2D eigenvalue weighted by molar-refractivity contribution is 7.18. The average Bonchev–Trinajstić information content (AvgIpc) is 3.35. The van der Waals surface area contributed by atoms with Crippen molar-refractivity contribution < 1.29 is 31.1 Å². The number of nitrogens with zero attached hydrogens (tertiary/aromatic N) is 1. The Morgan fingerprint density at radius 1 is 0.795 bits per heavy atom. The first-order valence-corrected chi connectivity index (χ1v) is 12.6. The molecule has 1 heterocycles. The van der Waals surface area contributed by atoms with E-state index in [9.17, 15) is 17.6 Å². The van der Waals surface area contributed by atoms with E-state index >= 15 is 8.78 Å². The number of hydrogen-bond acceptors (Lipinski definition) is 3. The predicted molar refractivity (Wildman–Crippen MR) is 140 cm³/mol. The summed E-state index contributed by atoms with van der Waals surface area (Å²) in [6, 6.07) is 17.1. The van der Waals surface area contributed by atoms with Crippen LogP contribution >= 0.6 is 11.3 Å². The molecule has 5 aromatic rings. The van der Waals surface area contributed by atoms with Crippen molar-refractivity contribution in [3.8, 4) is 28.0 Å². The number of hydrogen-bond donors (Lipinski definition) is 0. The Bertz CT molecular complexity index is 1660. The van der Waals surface area contributed by atoms with Gasteiger partial charge in [0.25, 0.3) is 0 Å². The third-order valence-electron chi connectivity index (χ3n) is 6.04. The lowest BCUT2D eigenvalue weighted by molar-refractivity contribution is -0.185. The first-order chi connectivity index (χ1) is 18.6. The number of alkyl halides is 2. The fourth-order valence-electron chi connectivity index (χ4n) is 4.06. The maximum absolute atomic E-state index is 15.0. The molecule has 0 unspecified atom stereocenters. The second-order valence-electron chi connectivity index (χ2n) is 8.74. The zero-order chi connectivity index (χ0) is 27.7. The molecule has 39 heavy (non-hydrogen) atoms. The molecule has 198 valence electrons. The number of rotatable bonds is 8. The Morgan fingerprint density at radius 2 is 1.49 bits per heavy atom. The molecule has 5 rings (SSSR count). The summed E-state index contributed by atoms with van der Waals surface area (Å²) >= 11 is 0.746. The minimum Gasteiger partial charge on any atom is -0.427 e. The van der Waals surface area contributed by atoms with Crippen molar-refractivity contribution in [3.63, 3.8) is 0 Å². The molecule has 1 aromatic heterocycles. The van der Waals surface area contributed by atoms with Crippen LogP contribution in [0.4, 0.5) is 26.3 Å². The van der Waals surface area contributed by atoms with Crippen LogP contribution < -0.4 is 4.74 Å². The van der Waals surface area contributed by atoms with Crippen LogP contribution in [0.25, 0.3) is 32.5 Å². The van der Waals surface area contributed by atoms with Gasteiger partial charge in [0.1, 0.15) is 11.6 Å². The van der Waals surface area contributed by atoms with Gasteiger partial charge in [-0.15, -0.1) is 17.9 Å². The SMILES string of the molecule is C=CCCc1ccc(-c2ccc3nc(C(F)(F)Oc4ccc(-c5cc(F)c(F)c(F)c5)c(F)c4)sc3c2)cc1. The minimum atomic E-state index is -3.89. The molecule has 0 saturated carbocycles. The molecule has 0 radical (unpaired) electrons. The van der Waals surface area contributed by atoms with Gasteiger partial charge in [-0.1, -0.05) is 36.4 Å². The van der Waals surface area contributed by atoms with E-state index in [0.717, 1.165) is 53.0 Å². The Kier molecular flexibility index (Phi) is 7.18. The number of aryl methyl sites for hydroxylation is 1. The van der Waals surface area contributed by atoms with Crippen LogP contribution in [-0.4, -0.2) is 4.98 Å². The minimum absolute atomic E-state index is 0.296. The molecule has 2 nitrogen and oxygen atoms in total. The quantitative estimate of drug-likeness (QED) is 0.108. The Morgan fingerprint density at radius 3 is 2.15 bits per heavy atom. The van der Waals surface area contributed by atoms with Gasteiger partial charge in [-0.2, -0.15) is 8.78 Å². The van der Waals surface area contributed by atoms with Crippen molar-refractivity contribution in [1.29, 1.82) is 0 Å². The second-order valence-corrected chi connectivity index (χ2v) is 9.77. The van der Waals surface area contributed by atoms with E-state index in [1.807, 2.05) is 30.3 Å². The zero-order valence-electron chi connectivity index (χ0n) is 20.2. The number of fused-ring (bicyclic) bond motifs is 1. The predicted octanol–water partition coefficient (Wildman–Crippen LogP) is 9.43. The lowest BCUT2D eigenvalue weighted by atomic mass is 10.0. The third-order valence-corrected chi connectivity index (χ3v) is 7.11. The van der Waals surface area contributed by atoms with Gasteiger partial charge in [-0.3, -0.25) is 0 Å². The molecule has 0 aliphatic heterocycles. The van der Waals surface area contributed by atoms with Gasteiger partial charge in [-0.05, 0) is 71.5 Å². The largest absolute Gasteiger partial charge is 0.454 e. The number of halogens is 6. The molecule has 0 amide bonds. The molecule has 0 spiro atoms. The third kappa shape index (κ3) is 5.54. The number of ether oxygens (including phenoxy) is 1. The lowest BCUT2D eigenvalue weighted by Gasteiger charge is -2.16. The van der Waals surface area contributed by atoms with Gasteiger partial charge in [0.2, 0.25) is 5.01 Å². The van der Waals surface area contributed by atoms with E-state index < -0.39 is 40.1 Å². The highest BCUT2D eigenvalue weighted by Crippen LogP contribution is 2.39. The first kappa shape index (κ1) is 26.5. The monoisotopic (exact) mass is 555 g/mol. The van der Waals surface area contributed by atoms with Crippen molar-refractivity contribution in [3.05, 3.63) is 119 Å². The Hall–Kier alpha value is -4.11. The topological polar surface area (TPSA) is 22.1 Å². The van der Waals surface area contributed by atoms with Crippen molar-refractivity contribution in [2.24, 2.45) is 0 Å². The van der Waals surface area contributed by atoms with Crippen LogP contribution in [-0.2, 0) is 12.5 Å². The van der Waals surface area contributed by atoms with Crippen LogP contribution in [0.15, 0.2) is 85.5 Å². The summed E-state index contributed by atoms with van der Waals surface area (Å²) in [5.41, 5.74) is 2.67. The smallest absolute Gasteiger partial charge is 0.427 e. The van der Waals surface area contributed by atoms with Crippen molar-refractivity contribution in [2.75, 3.05) is 0 Å². The van der Waals surface area contributed by atoms with Gasteiger partial charge in [0, 0.05) is 11.6 Å². The maximum atomic E-state index is 15.0.